The molecule has 0 saturated heterocycles. The number of aryl methyl sites for hydroxylation is 1. The highest BCUT2D eigenvalue weighted by molar-refractivity contribution is 5.88. The molecule has 19 heavy (non-hydrogen) atoms. The van der Waals surface area contributed by atoms with Crippen LogP contribution in [0.1, 0.15) is 32.1 Å². The smallest absolute Gasteiger partial charge is 0.320 e. The summed E-state index contributed by atoms with van der Waals surface area (Å²) in [4.78, 5) is 11.9. The molecule has 1 saturated carbocycles. The van der Waals surface area contributed by atoms with Crippen molar-refractivity contribution in [1.82, 2.24) is 15.1 Å². The fraction of sp³-hybridized carbons (Fsp3) is 0.692. The zero-order valence-electron chi connectivity index (χ0n) is 11.3. The molecular weight excluding hydrogens is 244 g/mol. The number of amides is 2. The van der Waals surface area contributed by atoms with E-state index >= 15 is 0 Å². The van der Waals surface area contributed by atoms with Gasteiger partial charge in [0.25, 0.3) is 0 Å². The van der Waals surface area contributed by atoms with E-state index in [0.717, 1.165) is 25.7 Å². The van der Waals surface area contributed by atoms with Crippen molar-refractivity contribution in [2.45, 2.75) is 38.1 Å². The topological polar surface area (TPSA) is 79.2 Å². The third kappa shape index (κ3) is 3.96. The Bertz CT molecular complexity index is 419. The first-order valence-electron chi connectivity index (χ1n) is 6.87. The first-order chi connectivity index (χ1) is 9.19. The number of aliphatic hydroxyl groups is 1. The van der Waals surface area contributed by atoms with E-state index in [1.165, 1.54) is 6.42 Å². The number of hydrogen-bond acceptors (Lipinski definition) is 3. The quantitative estimate of drug-likeness (QED) is 0.725. The third-order valence-corrected chi connectivity index (χ3v) is 3.67. The average molecular weight is 266 g/mol. The summed E-state index contributed by atoms with van der Waals surface area (Å²) in [5.74, 6) is 0.700. The van der Waals surface area contributed by atoms with E-state index in [2.05, 4.69) is 15.7 Å². The predicted octanol–water partition coefficient (Wildman–Crippen LogP) is 1.48. The van der Waals surface area contributed by atoms with Crippen molar-refractivity contribution in [3.63, 3.8) is 0 Å². The fourth-order valence-electron chi connectivity index (χ4n) is 2.60. The Morgan fingerprint density at radius 1 is 1.47 bits per heavy atom. The summed E-state index contributed by atoms with van der Waals surface area (Å²) in [5, 5.41) is 19.2. The van der Waals surface area contributed by atoms with Gasteiger partial charge in [-0.1, -0.05) is 19.3 Å². The molecule has 1 fully saturated rings. The summed E-state index contributed by atoms with van der Waals surface area (Å²) in [5.41, 5.74) is 0. The number of rotatable bonds is 3. The third-order valence-electron chi connectivity index (χ3n) is 3.67. The molecule has 2 rings (SSSR count). The second kappa shape index (κ2) is 6.56. The lowest BCUT2D eigenvalue weighted by atomic mass is 9.96. The van der Waals surface area contributed by atoms with Crippen LogP contribution in [0.2, 0.25) is 0 Å². The molecule has 0 spiro atoms. The van der Waals surface area contributed by atoms with Crippen molar-refractivity contribution in [3.8, 4) is 0 Å². The predicted molar refractivity (Wildman–Crippen MR) is 72.8 cm³/mol. The van der Waals surface area contributed by atoms with Crippen molar-refractivity contribution in [3.05, 3.63) is 12.3 Å². The first kappa shape index (κ1) is 13.9. The number of hydrogen-bond donors (Lipinski definition) is 3. The molecule has 2 unspecified atom stereocenters. The number of carbonyl (C=O) groups is 1. The Morgan fingerprint density at radius 3 is 2.95 bits per heavy atom. The molecule has 1 heterocycles. The van der Waals surface area contributed by atoms with Gasteiger partial charge in [0.15, 0.2) is 5.82 Å². The van der Waals surface area contributed by atoms with Crippen molar-refractivity contribution in [2.24, 2.45) is 13.0 Å². The molecule has 1 aliphatic carbocycles. The van der Waals surface area contributed by atoms with Gasteiger partial charge in [0.2, 0.25) is 0 Å². The van der Waals surface area contributed by atoms with E-state index in [0.29, 0.717) is 5.82 Å². The minimum absolute atomic E-state index is 0.0520. The highest BCUT2D eigenvalue weighted by Crippen LogP contribution is 2.23. The normalized spacial score (nSPS) is 23.7. The number of aliphatic hydroxyl groups excluding tert-OH is 1. The van der Waals surface area contributed by atoms with Gasteiger partial charge in [-0.25, -0.2) is 4.79 Å². The Hall–Kier alpha value is -1.56. The zero-order chi connectivity index (χ0) is 13.7. The number of aromatic nitrogens is 2. The molecule has 0 bridgehead atoms. The van der Waals surface area contributed by atoms with E-state index < -0.39 is 0 Å². The Labute approximate surface area is 113 Å². The molecule has 1 aromatic heterocycles. The highest BCUT2D eigenvalue weighted by atomic mass is 16.3. The summed E-state index contributed by atoms with van der Waals surface area (Å²) in [6, 6.07) is 1.55. The van der Waals surface area contributed by atoms with Gasteiger partial charge in [0, 0.05) is 37.9 Å². The number of nitrogens with one attached hydrogen (secondary N) is 2. The van der Waals surface area contributed by atoms with E-state index in [9.17, 15) is 9.90 Å². The van der Waals surface area contributed by atoms with Gasteiger partial charge in [-0.3, -0.25) is 10.00 Å². The van der Waals surface area contributed by atoms with Crippen molar-refractivity contribution >= 4 is 11.8 Å². The van der Waals surface area contributed by atoms with Gasteiger partial charge in [0.1, 0.15) is 0 Å². The minimum atomic E-state index is -0.246. The van der Waals surface area contributed by atoms with Crippen LogP contribution in [0, 0.1) is 5.92 Å². The van der Waals surface area contributed by atoms with E-state index in [-0.39, 0.29) is 24.6 Å². The molecular formula is C13H22N4O2. The molecule has 0 radical (unpaired) electrons. The van der Waals surface area contributed by atoms with Crippen molar-refractivity contribution in [1.29, 1.82) is 0 Å². The van der Waals surface area contributed by atoms with Crippen LogP contribution >= 0.6 is 0 Å². The lowest BCUT2D eigenvalue weighted by molar-refractivity contribution is 0.182. The van der Waals surface area contributed by atoms with Crippen LogP contribution in [0.5, 0.6) is 0 Å². The van der Waals surface area contributed by atoms with Crippen LogP contribution in [0.15, 0.2) is 12.3 Å². The van der Waals surface area contributed by atoms with Crippen molar-refractivity contribution < 1.29 is 9.90 Å². The largest absolute Gasteiger partial charge is 0.396 e. The summed E-state index contributed by atoms with van der Waals surface area (Å²) < 4.78 is 1.64. The zero-order valence-corrected chi connectivity index (χ0v) is 11.3. The molecule has 0 aliphatic heterocycles. The average Bonchev–Trinajstić information content (AvgIpc) is 2.65. The van der Waals surface area contributed by atoms with Crippen LogP contribution in [-0.4, -0.2) is 33.6 Å². The molecule has 2 atom stereocenters. The minimum Gasteiger partial charge on any atom is -0.396 e. The fourth-order valence-corrected chi connectivity index (χ4v) is 2.60. The molecule has 0 aromatic carbocycles. The lowest BCUT2D eigenvalue weighted by Crippen LogP contribution is -2.43. The second-order valence-electron chi connectivity index (χ2n) is 5.16. The molecule has 3 N–H and O–H groups in total. The number of carbonyl (C=O) groups excluding carboxylic acids is 1. The maximum Gasteiger partial charge on any atom is 0.320 e. The Balaban J connectivity index is 1.89. The van der Waals surface area contributed by atoms with Crippen LogP contribution in [0.3, 0.4) is 0 Å². The number of urea groups is 1. The van der Waals surface area contributed by atoms with E-state index in [4.69, 9.17) is 0 Å². The number of nitrogens with zero attached hydrogens (tertiary/aromatic N) is 2. The van der Waals surface area contributed by atoms with Gasteiger partial charge >= 0.3 is 6.03 Å². The summed E-state index contributed by atoms with van der Waals surface area (Å²) in [7, 11) is 1.80. The molecule has 1 aromatic rings. The van der Waals surface area contributed by atoms with E-state index in [1.807, 2.05) is 0 Å². The van der Waals surface area contributed by atoms with Crippen LogP contribution in [0.4, 0.5) is 10.6 Å². The van der Waals surface area contributed by atoms with Gasteiger partial charge in [-0.15, -0.1) is 0 Å². The van der Waals surface area contributed by atoms with Crippen LogP contribution in [-0.2, 0) is 7.05 Å². The Kier molecular flexibility index (Phi) is 4.79. The summed E-state index contributed by atoms with van der Waals surface area (Å²) in [6.07, 6.45) is 7.09. The summed E-state index contributed by atoms with van der Waals surface area (Å²) in [6.45, 7) is 0.133. The van der Waals surface area contributed by atoms with Crippen molar-refractivity contribution in [2.75, 3.05) is 11.9 Å². The first-order valence-corrected chi connectivity index (χ1v) is 6.87. The molecule has 1 aliphatic rings. The Morgan fingerprint density at radius 2 is 2.26 bits per heavy atom. The van der Waals surface area contributed by atoms with Gasteiger partial charge in [0.05, 0.1) is 0 Å². The molecule has 106 valence electrons. The monoisotopic (exact) mass is 266 g/mol. The van der Waals surface area contributed by atoms with Crippen LogP contribution < -0.4 is 10.6 Å². The van der Waals surface area contributed by atoms with Gasteiger partial charge in [-0.05, 0) is 12.8 Å². The maximum atomic E-state index is 11.9. The van der Waals surface area contributed by atoms with E-state index in [1.54, 1.807) is 24.0 Å². The lowest BCUT2D eigenvalue weighted by Gasteiger charge is -2.24. The van der Waals surface area contributed by atoms with Gasteiger partial charge in [-0.2, -0.15) is 5.10 Å². The van der Waals surface area contributed by atoms with Crippen LogP contribution in [0.25, 0.3) is 0 Å². The maximum absolute atomic E-state index is 11.9. The SMILES string of the molecule is Cn1ccc(NC(=O)NC2CCCCCC2CO)n1. The number of anilines is 1. The standard InChI is InChI=1S/C13H22N4O2/c1-17-8-7-12(16-17)15-13(19)14-11-6-4-2-3-5-10(11)9-18/h7-8,10-11,18H,2-6,9H2,1H3,(H2,14,15,16,19). The molecule has 6 nitrogen and oxygen atoms in total. The van der Waals surface area contributed by atoms with Gasteiger partial charge < -0.3 is 10.4 Å². The molecule has 6 heteroatoms. The highest BCUT2D eigenvalue weighted by Gasteiger charge is 2.24. The molecule has 2 amide bonds. The second-order valence-corrected chi connectivity index (χ2v) is 5.16. The summed E-state index contributed by atoms with van der Waals surface area (Å²) >= 11 is 0.